The van der Waals surface area contributed by atoms with Gasteiger partial charge in [0.25, 0.3) is 0 Å². The molecule has 1 atom stereocenters. The summed E-state index contributed by atoms with van der Waals surface area (Å²) in [5.41, 5.74) is 1.52. The van der Waals surface area contributed by atoms with Crippen LogP contribution in [0.1, 0.15) is 10.9 Å². The molecule has 1 aliphatic heterocycles. The molecule has 126 valence electrons. The minimum absolute atomic E-state index is 0.142. The normalized spacial score (nSPS) is 17.0. The van der Waals surface area contributed by atoms with Crippen molar-refractivity contribution in [2.24, 2.45) is 0 Å². The molecular formula is C17H16BrFN2O2S. The lowest BCUT2D eigenvalue weighted by Crippen LogP contribution is -2.34. The maximum absolute atomic E-state index is 13.5. The van der Waals surface area contributed by atoms with Gasteiger partial charge in [-0.15, -0.1) is 11.8 Å². The number of hydrogen-bond acceptors (Lipinski definition) is 3. The molecule has 7 heteroatoms. The van der Waals surface area contributed by atoms with Crippen molar-refractivity contribution in [1.29, 1.82) is 0 Å². The number of amides is 2. The standard InChI is InChI=1S/C17H16BrFN2O2S/c1-23-15-5-3-2-4-14(15)20-17(22)21-8-9-24-16(21)11-6-7-13(19)12(18)10-11/h2-7,10,16H,8-9H2,1H3,(H,20,22). The zero-order valence-electron chi connectivity index (χ0n) is 13.0. The van der Waals surface area contributed by atoms with Crippen LogP contribution in [0.4, 0.5) is 14.9 Å². The highest BCUT2D eigenvalue weighted by Gasteiger charge is 2.31. The van der Waals surface area contributed by atoms with Crippen LogP contribution in [0.2, 0.25) is 0 Å². The highest BCUT2D eigenvalue weighted by atomic mass is 79.9. The number of halogens is 2. The minimum Gasteiger partial charge on any atom is -0.495 e. The number of carbonyl (C=O) groups excluding carboxylic acids is 1. The quantitative estimate of drug-likeness (QED) is 0.783. The topological polar surface area (TPSA) is 41.6 Å². The molecule has 3 rings (SSSR count). The fraction of sp³-hybridized carbons (Fsp3) is 0.235. The van der Waals surface area contributed by atoms with Crippen molar-refractivity contribution < 1.29 is 13.9 Å². The van der Waals surface area contributed by atoms with E-state index in [-0.39, 0.29) is 17.2 Å². The summed E-state index contributed by atoms with van der Waals surface area (Å²) in [5, 5.41) is 2.75. The summed E-state index contributed by atoms with van der Waals surface area (Å²) in [6.07, 6.45) is 0. The number of hydrogen-bond donors (Lipinski definition) is 1. The molecule has 4 nitrogen and oxygen atoms in total. The fourth-order valence-electron chi connectivity index (χ4n) is 2.56. The summed E-state index contributed by atoms with van der Waals surface area (Å²) in [7, 11) is 1.57. The molecule has 0 aliphatic carbocycles. The van der Waals surface area contributed by atoms with Gasteiger partial charge in [-0.1, -0.05) is 18.2 Å². The zero-order chi connectivity index (χ0) is 17.1. The molecular weight excluding hydrogens is 395 g/mol. The molecule has 0 bridgehead atoms. The Kier molecular flexibility index (Phi) is 5.30. The van der Waals surface area contributed by atoms with E-state index < -0.39 is 0 Å². The number of urea groups is 1. The summed E-state index contributed by atoms with van der Waals surface area (Å²) in [5.74, 6) is 1.13. The first-order valence-corrected chi connectivity index (χ1v) is 9.21. The van der Waals surface area contributed by atoms with Gasteiger partial charge in [0.2, 0.25) is 0 Å². The predicted octanol–water partition coefficient (Wildman–Crippen LogP) is 4.88. The third-order valence-electron chi connectivity index (χ3n) is 3.73. The monoisotopic (exact) mass is 410 g/mol. The number of carbonyl (C=O) groups is 1. The maximum Gasteiger partial charge on any atom is 0.323 e. The van der Waals surface area contributed by atoms with Crippen molar-refractivity contribution >= 4 is 39.4 Å². The molecule has 1 saturated heterocycles. The highest BCUT2D eigenvalue weighted by molar-refractivity contribution is 9.10. The van der Waals surface area contributed by atoms with Crippen LogP contribution in [0.5, 0.6) is 5.75 Å². The Bertz CT molecular complexity index is 759. The SMILES string of the molecule is COc1ccccc1NC(=O)N1CCSC1c1ccc(F)c(Br)c1. The average Bonchev–Trinajstić information content (AvgIpc) is 3.07. The first-order chi connectivity index (χ1) is 11.6. The van der Waals surface area contributed by atoms with E-state index in [4.69, 9.17) is 4.74 Å². The van der Waals surface area contributed by atoms with E-state index in [1.165, 1.54) is 6.07 Å². The van der Waals surface area contributed by atoms with Crippen LogP contribution < -0.4 is 10.1 Å². The van der Waals surface area contributed by atoms with Crippen LogP contribution in [0.3, 0.4) is 0 Å². The lowest BCUT2D eigenvalue weighted by molar-refractivity contribution is 0.214. The Morgan fingerprint density at radius 2 is 2.17 bits per heavy atom. The third kappa shape index (κ3) is 3.52. The van der Waals surface area contributed by atoms with E-state index in [0.29, 0.717) is 22.5 Å². The van der Waals surface area contributed by atoms with Gasteiger partial charge in [-0.3, -0.25) is 0 Å². The van der Waals surface area contributed by atoms with Gasteiger partial charge in [-0.05, 0) is 45.8 Å². The number of benzene rings is 2. The molecule has 0 radical (unpaired) electrons. The lowest BCUT2D eigenvalue weighted by atomic mass is 10.2. The van der Waals surface area contributed by atoms with Crippen LogP contribution in [0, 0.1) is 5.82 Å². The van der Waals surface area contributed by atoms with E-state index in [9.17, 15) is 9.18 Å². The van der Waals surface area contributed by atoms with E-state index in [1.54, 1.807) is 48.0 Å². The largest absolute Gasteiger partial charge is 0.495 e. The van der Waals surface area contributed by atoms with Gasteiger partial charge in [0, 0.05) is 12.3 Å². The van der Waals surface area contributed by atoms with Crippen molar-refractivity contribution in [2.45, 2.75) is 5.37 Å². The molecule has 0 aromatic heterocycles. The Labute approximate surface area is 152 Å². The molecule has 1 N–H and O–H groups in total. The summed E-state index contributed by atoms with van der Waals surface area (Å²) < 4.78 is 19.1. The summed E-state index contributed by atoms with van der Waals surface area (Å²) >= 11 is 4.86. The average molecular weight is 411 g/mol. The van der Waals surface area contributed by atoms with Crippen molar-refractivity contribution in [3.63, 3.8) is 0 Å². The van der Waals surface area contributed by atoms with E-state index in [2.05, 4.69) is 21.2 Å². The van der Waals surface area contributed by atoms with Gasteiger partial charge < -0.3 is 15.0 Å². The molecule has 2 aromatic rings. The first kappa shape index (κ1) is 17.1. The first-order valence-electron chi connectivity index (χ1n) is 7.37. The fourth-order valence-corrected chi connectivity index (χ4v) is 4.20. The Morgan fingerprint density at radius 3 is 2.92 bits per heavy atom. The molecule has 1 heterocycles. The summed E-state index contributed by atoms with van der Waals surface area (Å²) in [6.45, 7) is 0.630. The second-order valence-electron chi connectivity index (χ2n) is 5.22. The number of nitrogens with one attached hydrogen (secondary N) is 1. The molecule has 24 heavy (non-hydrogen) atoms. The molecule has 0 saturated carbocycles. The smallest absolute Gasteiger partial charge is 0.323 e. The van der Waals surface area contributed by atoms with E-state index in [0.717, 1.165) is 11.3 Å². The second kappa shape index (κ2) is 7.44. The van der Waals surface area contributed by atoms with Crippen LogP contribution in [0.25, 0.3) is 0 Å². The Hall–Kier alpha value is -1.73. The second-order valence-corrected chi connectivity index (χ2v) is 7.26. The van der Waals surface area contributed by atoms with Crippen molar-refractivity contribution in [1.82, 2.24) is 4.90 Å². The van der Waals surface area contributed by atoms with Crippen molar-refractivity contribution in [3.05, 3.63) is 58.3 Å². The maximum atomic E-state index is 13.5. The van der Waals surface area contributed by atoms with E-state index >= 15 is 0 Å². The molecule has 2 aromatic carbocycles. The molecule has 1 fully saturated rings. The van der Waals surface area contributed by atoms with Crippen molar-refractivity contribution in [2.75, 3.05) is 24.7 Å². The molecule has 0 spiro atoms. The number of methoxy groups -OCH3 is 1. The van der Waals surface area contributed by atoms with Gasteiger partial charge >= 0.3 is 6.03 Å². The van der Waals surface area contributed by atoms with Crippen LogP contribution in [0.15, 0.2) is 46.9 Å². The number of nitrogens with zero attached hydrogens (tertiary/aromatic N) is 1. The molecule has 2 amide bonds. The summed E-state index contributed by atoms with van der Waals surface area (Å²) in [6, 6.07) is 11.9. The third-order valence-corrected chi connectivity index (χ3v) is 5.60. The number of thioether (sulfide) groups is 1. The van der Waals surface area contributed by atoms with Gasteiger partial charge in [0.15, 0.2) is 0 Å². The predicted molar refractivity (Wildman–Crippen MR) is 98.0 cm³/mol. The van der Waals surface area contributed by atoms with Gasteiger partial charge in [-0.25, -0.2) is 9.18 Å². The van der Waals surface area contributed by atoms with Gasteiger partial charge in [-0.2, -0.15) is 0 Å². The number of anilines is 1. The Balaban J connectivity index is 1.79. The minimum atomic E-state index is -0.313. The highest BCUT2D eigenvalue weighted by Crippen LogP contribution is 2.39. The number of para-hydroxylation sites is 2. The number of rotatable bonds is 3. The molecule has 1 aliphatic rings. The molecule has 1 unspecified atom stereocenters. The Morgan fingerprint density at radius 1 is 1.38 bits per heavy atom. The van der Waals surface area contributed by atoms with Gasteiger partial charge in [0.1, 0.15) is 16.9 Å². The van der Waals surface area contributed by atoms with E-state index in [1.807, 2.05) is 12.1 Å². The summed E-state index contributed by atoms with van der Waals surface area (Å²) in [4.78, 5) is 14.4. The van der Waals surface area contributed by atoms with Crippen LogP contribution in [-0.2, 0) is 0 Å². The zero-order valence-corrected chi connectivity index (χ0v) is 15.4. The van der Waals surface area contributed by atoms with Crippen molar-refractivity contribution in [3.8, 4) is 5.75 Å². The number of ether oxygens (including phenoxy) is 1. The van der Waals surface area contributed by atoms with Gasteiger partial charge in [0.05, 0.1) is 17.3 Å². The lowest BCUT2D eigenvalue weighted by Gasteiger charge is -2.25. The van der Waals surface area contributed by atoms with Crippen LogP contribution in [-0.4, -0.2) is 30.3 Å². The van der Waals surface area contributed by atoms with Crippen LogP contribution >= 0.6 is 27.7 Å².